The van der Waals surface area contributed by atoms with E-state index < -0.39 is 12.1 Å². The van der Waals surface area contributed by atoms with Gasteiger partial charge in [0.25, 0.3) is 5.91 Å². The number of benzene rings is 2. The van der Waals surface area contributed by atoms with Crippen LogP contribution in [0.3, 0.4) is 0 Å². The Bertz CT molecular complexity index is 1460. The van der Waals surface area contributed by atoms with E-state index in [4.69, 9.17) is 9.72 Å². The van der Waals surface area contributed by atoms with Crippen molar-refractivity contribution in [2.45, 2.75) is 52.7 Å². The van der Waals surface area contributed by atoms with E-state index in [1.165, 1.54) is 16.9 Å². The van der Waals surface area contributed by atoms with Crippen LogP contribution in [0.2, 0.25) is 0 Å². The summed E-state index contributed by atoms with van der Waals surface area (Å²) in [5, 5.41) is 5.98. The first-order chi connectivity index (χ1) is 18.5. The average molecular weight is 529 g/mol. The maximum absolute atomic E-state index is 13.7. The molecule has 1 amide bonds. The number of para-hydroxylation sites is 1. The number of amides is 1. The molecule has 1 N–H and O–H groups in total. The quantitative estimate of drug-likeness (QED) is 0.282. The van der Waals surface area contributed by atoms with Gasteiger partial charge in [0.05, 0.1) is 16.8 Å². The van der Waals surface area contributed by atoms with Crippen LogP contribution in [0.4, 0.5) is 5.13 Å². The Balaban J connectivity index is 1.37. The highest BCUT2D eigenvalue weighted by Crippen LogP contribution is 2.30. The van der Waals surface area contributed by atoms with Crippen molar-refractivity contribution >= 4 is 39.2 Å². The first-order valence-corrected chi connectivity index (χ1v) is 14.0. The van der Waals surface area contributed by atoms with Crippen molar-refractivity contribution < 1.29 is 14.3 Å². The van der Waals surface area contributed by atoms with E-state index in [-0.39, 0.29) is 5.91 Å². The van der Waals surface area contributed by atoms with Crippen molar-refractivity contribution in [2.24, 2.45) is 0 Å². The number of nitrogens with zero attached hydrogens (tertiary/aromatic N) is 3. The van der Waals surface area contributed by atoms with Crippen molar-refractivity contribution in [1.82, 2.24) is 14.9 Å². The molecule has 1 unspecified atom stereocenters. The average Bonchev–Trinajstić information content (AvgIpc) is 3.39. The number of ether oxygens (including phenoxy) is 1. The fourth-order valence-electron chi connectivity index (χ4n) is 4.87. The third kappa shape index (κ3) is 5.47. The molecule has 0 radical (unpaired) electrons. The summed E-state index contributed by atoms with van der Waals surface area (Å²) in [5.41, 5.74) is 6.09. The Morgan fingerprint density at radius 2 is 1.89 bits per heavy atom. The largest absolute Gasteiger partial charge is 0.449 e. The Morgan fingerprint density at radius 3 is 2.66 bits per heavy atom. The van der Waals surface area contributed by atoms with Crippen molar-refractivity contribution in [1.29, 1.82) is 0 Å². The topological polar surface area (TPSA) is 84.4 Å². The second kappa shape index (κ2) is 11.4. The van der Waals surface area contributed by atoms with Gasteiger partial charge in [0.2, 0.25) is 0 Å². The third-order valence-corrected chi connectivity index (χ3v) is 7.62. The highest BCUT2D eigenvalue weighted by molar-refractivity contribution is 7.14. The second-order valence-electron chi connectivity index (χ2n) is 9.65. The highest BCUT2D eigenvalue weighted by atomic mass is 32.1. The van der Waals surface area contributed by atoms with Crippen LogP contribution in [-0.4, -0.2) is 45.9 Å². The van der Waals surface area contributed by atoms with Crippen molar-refractivity contribution in [3.8, 4) is 11.3 Å². The molecular weight excluding hydrogens is 496 g/mol. The van der Waals surface area contributed by atoms with Gasteiger partial charge >= 0.3 is 5.97 Å². The number of thiazole rings is 1. The van der Waals surface area contributed by atoms with Crippen molar-refractivity contribution in [3.05, 3.63) is 76.3 Å². The van der Waals surface area contributed by atoms with E-state index in [1.54, 1.807) is 0 Å². The molecule has 1 aliphatic rings. The van der Waals surface area contributed by atoms with Gasteiger partial charge in [-0.15, -0.1) is 11.3 Å². The van der Waals surface area contributed by atoms with Crippen molar-refractivity contribution in [3.63, 3.8) is 0 Å². The number of anilines is 1. The molecule has 1 atom stereocenters. The third-order valence-electron chi connectivity index (χ3n) is 6.86. The fraction of sp³-hybridized carbons (Fsp3) is 0.333. The number of hydrogen-bond donors (Lipinski definition) is 1. The highest BCUT2D eigenvalue weighted by Gasteiger charge is 2.29. The molecule has 5 rings (SSSR count). The molecule has 0 fully saturated rings. The van der Waals surface area contributed by atoms with Gasteiger partial charge in [-0.1, -0.05) is 61.9 Å². The molecular formula is C30H32N4O3S. The van der Waals surface area contributed by atoms with Gasteiger partial charge in [0, 0.05) is 47.1 Å². The van der Waals surface area contributed by atoms with Gasteiger partial charge in [0.15, 0.2) is 11.2 Å². The Kier molecular flexibility index (Phi) is 7.81. The van der Waals surface area contributed by atoms with Crippen LogP contribution < -0.4 is 5.32 Å². The summed E-state index contributed by atoms with van der Waals surface area (Å²) in [6.07, 6.45) is 1.23. The van der Waals surface area contributed by atoms with Crippen molar-refractivity contribution in [2.75, 3.05) is 18.4 Å². The van der Waals surface area contributed by atoms with Crippen LogP contribution in [0.5, 0.6) is 0 Å². The maximum Gasteiger partial charge on any atom is 0.340 e. The van der Waals surface area contributed by atoms with E-state index in [0.29, 0.717) is 23.7 Å². The molecule has 2 aromatic heterocycles. The standard InChI is InChI=1S/C30H32N4O3S/c1-4-15-34-16-14-24-22(17-34)27(21-8-6-7-9-23(21)31-24)29(36)37-26(5-2)28(35)33-30-32-25(18-38-30)20-12-10-19(3)11-13-20/h6-13,18,26H,4-5,14-17H2,1-3H3,(H,32,33,35). The van der Waals surface area contributed by atoms with Gasteiger partial charge in [-0.25, -0.2) is 9.78 Å². The molecule has 3 heterocycles. The Morgan fingerprint density at radius 1 is 1.11 bits per heavy atom. The van der Waals surface area contributed by atoms with Crippen LogP contribution >= 0.6 is 11.3 Å². The lowest BCUT2D eigenvalue weighted by Gasteiger charge is -2.29. The molecule has 0 saturated heterocycles. The minimum atomic E-state index is -0.938. The fourth-order valence-corrected chi connectivity index (χ4v) is 5.59. The summed E-state index contributed by atoms with van der Waals surface area (Å²) in [6.45, 7) is 8.54. The molecule has 2 aromatic carbocycles. The lowest BCUT2D eigenvalue weighted by Crippen LogP contribution is -2.35. The van der Waals surface area contributed by atoms with E-state index in [9.17, 15) is 9.59 Å². The van der Waals surface area contributed by atoms with Gasteiger partial charge in [-0.2, -0.15) is 0 Å². The second-order valence-corrected chi connectivity index (χ2v) is 10.5. The molecule has 0 aliphatic carbocycles. The first-order valence-electron chi connectivity index (χ1n) is 13.1. The smallest absolute Gasteiger partial charge is 0.340 e. The zero-order valence-corrected chi connectivity index (χ0v) is 22.8. The van der Waals surface area contributed by atoms with E-state index >= 15 is 0 Å². The molecule has 7 nitrogen and oxygen atoms in total. The summed E-state index contributed by atoms with van der Waals surface area (Å²) < 4.78 is 5.87. The Hall–Kier alpha value is -3.62. The minimum absolute atomic E-state index is 0.348. The normalized spacial score (nSPS) is 14.2. The molecule has 1 aliphatic heterocycles. The van der Waals surface area contributed by atoms with Crippen LogP contribution in [0, 0.1) is 6.92 Å². The number of nitrogens with one attached hydrogen (secondary N) is 1. The number of hydrogen-bond acceptors (Lipinski definition) is 7. The molecule has 0 saturated carbocycles. The number of aryl methyl sites for hydroxylation is 1. The van der Waals surface area contributed by atoms with Crippen LogP contribution in [0.25, 0.3) is 22.2 Å². The van der Waals surface area contributed by atoms with Crippen LogP contribution in [0.1, 0.15) is 53.9 Å². The van der Waals surface area contributed by atoms with Crippen LogP contribution in [-0.2, 0) is 22.5 Å². The SMILES string of the molecule is CCCN1CCc2nc3ccccc3c(C(=O)OC(CC)C(=O)Nc3nc(-c4ccc(C)cc4)cs3)c2C1. The predicted molar refractivity (Wildman–Crippen MR) is 151 cm³/mol. The molecule has 0 spiro atoms. The monoisotopic (exact) mass is 528 g/mol. The molecule has 8 heteroatoms. The molecule has 4 aromatic rings. The van der Waals surface area contributed by atoms with Gasteiger partial charge < -0.3 is 4.74 Å². The summed E-state index contributed by atoms with van der Waals surface area (Å²) in [6, 6.07) is 15.7. The molecule has 0 bridgehead atoms. The number of pyridine rings is 1. The van der Waals surface area contributed by atoms with E-state index in [2.05, 4.69) is 22.1 Å². The number of rotatable bonds is 8. The molecule has 38 heavy (non-hydrogen) atoms. The number of aromatic nitrogens is 2. The number of fused-ring (bicyclic) bond motifs is 2. The van der Waals surface area contributed by atoms with E-state index in [0.717, 1.165) is 59.3 Å². The lowest BCUT2D eigenvalue weighted by molar-refractivity contribution is -0.124. The summed E-state index contributed by atoms with van der Waals surface area (Å²) >= 11 is 1.35. The molecule has 196 valence electrons. The predicted octanol–water partition coefficient (Wildman–Crippen LogP) is 6.01. The summed E-state index contributed by atoms with van der Waals surface area (Å²) in [5.74, 6) is -0.870. The van der Waals surface area contributed by atoms with Gasteiger partial charge in [-0.3, -0.25) is 20.0 Å². The number of carbonyl (C=O) groups is 2. The van der Waals surface area contributed by atoms with E-state index in [1.807, 2.05) is 67.8 Å². The van der Waals surface area contributed by atoms with Crippen LogP contribution in [0.15, 0.2) is 53.9 Å². The minimum Gasteiger partial charge on any atom is -0.449 e. The van der Waals surface area contributed by atoms with Gasteiger partial charge in [-0.05, 0) is 32.4 Å². The summed E-state index contributed by atoms with van der Waals surface area (Å²) in [7, 11) is 0. The lowest BCUT2D eigenvalue weighted by atomic mass is 9.95. The van der Waals surface area contributed by atoms with Gasteiger partial charge in [0.1, 0.15) is 0 Å². The summed E-state index contributed by atoms with van der Waals surface area (Å²) in [4.78, 5) is 38.6. The zero-order valence-electron chi connectivity index (χ0n) is 22.0. The Labute approximate surface area is 226 Å². The zero-order chi connectivity index (χ0) is 26.6. The first kappa shape index (κ1) is 26.0. The number of carbonyl (C=O) groups excluding carboxylic acids is 2. The number of esters is 1. The maximum atomic E-state index is 13.7.